The third-order valence-corrected chi connectivity index (χ3v) is 7.02. The van der Waals surface area contributed by atoms with Crippen molar-refractivity contribution in [2.24, 2.45) is 5.92 Å². The molecule has 0 spiro atoms. The van der Waals surface area contributed by atoms with E-state index < -0.39 is 30.2 Å². The molecule has 22 heavy (non-hydrogen) atoms. The van der Waals surface area contributed by atoms with Crippen molar-refractivity contribution >= 4 is 26.3 Å². The second kappa shape index (κ2) is 5.81. The van der Waals surface area contributed by atoms with Crippen LogP contribution in [-0.4, -0.2) is 30.0 Å². The molecule has 1 unspecified atom stereocenters. The Balaban J connectivity index is 2.55. The average molecular weight is 342 g/mol. The van der Waals surface area contributed by atoms with Crippen LogP contribution in [0, 0.1) is 5.92 Å². The van der Waals surface area contributed by atoms with E-state index >= 15 is 0 Å². The second-order valence-electron chi connectivity index (χ2n) is 4.71. The molecule has 2 rings (SSSR count). The summed E-state index contributed by atoms with van der Waals surface area (Å²) in [7, 11) is -10.3. The molecule has 118 valence electrons. The number of rotatable bonds is 4. The molecule has 1 aromatic rings. The molecule has 0 heterocycles. The zero-order valence-electron chi connectivity index (χ0n) is 11.3. The lowest BCUT2D eigenvalue weighted by molar-refractivity contribution is 0.425. The van der Waals surface area contributed by atoms with Crippen molar-refractivity contribution < 1.29 is 25.9 Å². The quantitative estimate of drug-likeness (QED) is 0.809. The Kier molecular flexibility index (Phi) is 4.39. The molecule has 0 radical (unpaired) electrons. The Morgan fingerprint density at radius 3 is 2.09 bits per heavy atom. The smallest absolute Gasteiger partial charge is 0.284 e. The topological polar surface area (TPSA) is 109 Å². The summed E-state index contributed by atoms with van der Waals surface area (Å²) in [5.41, 5.74) is 0.713. The van der Waals surface area contributed by atoms with Gasteiger partial charge >= 0.3 is 0 Å². The van der Waals surface area contributed by atoms with E-state index in [0.717, 1.165) is 12.2 Å². The highest BCUT2D eigenvalue weighted by atomic mass is 32.3. The van der Waals surface area contributed by atoms with Crippen molar-refractivity contribution in [1.82, 2.24) is 0 Å². The van der Waals surface area contributed by atoms with E-state index in [9.17, 15) is 25.9 Å². The SMILES string of the molecule is O=S(=O)(O)C1(S(=O)(=O)O)C=CC=CC1C=Cc1ccccc1. The molecule has 0 bridgehead atoms. The molecule has 0 fully saturated rings. The summed E-state index contributed by atoms with van der Waals surface area (Å²) in [4.78, 5) is 0. The monoisotopic (exact) mass is 342 g/mol. The molecule has 0 saturated heterocycles. The van der Waals surface area contributed by atoms with Gasteiger partial charge in [0.1, 0.15) is 0 Å². The summed E-state index contributed by atoms with van der Waals surface area (Å²) in [6, 6.07) is 8.79. The molecule has 0 saturated carbocycles. The van der Waals surface area contributed by atoms with Crippen LogP contribution in [0.4, 0.5) is 0 Å². The standard InChI is InChI=1S/C14H14O6S2/c15-21(16,17)14(22(18,19)20)11-5-4-8-13(14)10-9-12-6-2-1-3-7-12/h1-11,13H,(H,15,16,17)(H,18,19,20). The summed E-state index contributed by atoms with van der Waals surface area (Å²) in [6.07, 6.45) is 7.44. The van der Waals surface area contributed by atoms with Crippen LogP contribution in [0.15, 0.2) is 60.7 Å². The van der Waals surface area contributed by atoms with E-state index in [1.165, 1.54) is 24.3 Å². The molecule has 0 aliphatic heterocycles. The zero-order chi connectivity index (χ0) is 16.4. The first-order valence-corrected chi connectivity index (χ1v) is 9.10. The van der Waals surface area contributed by atoms with Crippen LogP contribution < -0.4 is 0 Å². The maximum Gasteiger partial charge on any atom is 0.292 e. The fraction of sp³-hybridized carbons (Fsp3) is 0.143. The third kappa shape index (κ3) is 2.91. The van der Waals surface area contributed by atoms with Crippen LogP contribution in [-0.2, 0) is 20.2 Å². The molecular weight excluding hydrogens is 328 g/mol. The van der Waals surface area contributed by atoms with Gasteiger partial charge in [-0.05, 0) is 11.6 Å². The molecule has 1 aliphatic rings. The van der Waals surface area contributed by atoms with Crippen molar-refractivity contribution in [3.05, 3.63) is 66.3 Å². The zero-order valence-corrected chi connectivity index (χ0v) is 12.9. The fourth-order valence-corrected chi connectivity index (χ4v) is 4.81. The van der Waals surface area contributed by atoms with Gasteiger partial charge in [-0.3, -0.25) is 9.11 Å². The third-order valence-electron chi connectivity index (χ3n) is 3.32. The summed E-state index contributed by atoms with van der Waals surface area (Å²) < 4.78 is 62.7. The lowest BCUT2D eigenvalue weighted by atomic mass is 9.98. The van der Waals surface area contributed by atoms with Gasteiger partial charge in [0.05, 0.1) is 0 Å². The van der Waals surface area contributed by atoms with E-state index in [2.05, 4.69) is 0 Å². The Bertz CT molecular complexity index is 801. The molecular formula is C14H14O6S2. The second-order valence-corrected chi connectivity index (χ2v) is 8.22. The summed E-state index contributed by atoms with van der Waals surface area (Å²) >= 11 is 0. The van der Waals surface area contributed by atoms with Crippen molar-refractivity contribution in [2.45, 2.75) is 4.08 Å². The minimum absolute atomic E-state index is 0.713. The normalized spacial score (nSPS) is 21.3. The lowest BCUT2D eigenvalue weighted by Crippen LogP contribution is -2.50. The minimum Gasteiger partial charge on any atom is -0.284 e. The Labute approximate surface area is 129 Å². The van der Waals surface area contributed by atoms with Gasteiger partial charge in [0.15, 0.2) is 0 Å². The van der Waals surface area contributed by atoms with Gasteiger partial charge < -0.3 is 0 Å². The van der Waals surface area contributed by atoms with Crippen LogP contribution in [0.5, 0.6) is 0 Å². The predicted octanol–water partition coefficient (Wildman–Crippen LogP) is 1.91. The van der Waals surface area contributed by atoms with Gasteiger partial charge in [0, 0.05) is 5.92 Å². The van der Waals surface area contributed by atoms with E-state index in [4.69, 9.17) is 0 Å². The maximum atomic E-state index is 11.7. The van der Waals surface area contributed by atoms with Gasteiger partial charge in [-0.15, -0.1) is 0 Å². The van der Waals surface area contributed by atoms with Crippen molar-refractivity contribution in [3.63, 3.8) is 0 Å². The highest BCUT2D eigenvalue weighted by molar-refractivity contribution is 8.05. The average Bonchev–Trinajstić information content (AvgIpc) is 2.44. The highest BCUT2D eigenvalue weighted by Gasteiger charge is 2.57. The predicted molar refractivity (Wildman–Crippen MR) is 83.1 cm³/mol. The molecule has 1 atom stereocenters. The highest BCUT2D eigenvalue weighted by Crippen LogP contribution is 2.38. The van der Waals surface area contributed by atoms with Crippen molar-refractivity contribution in [2.75, 3.05) is 0 Å². The van der Waals surface area contributed by atoms with Crippen LogP contribution in [0.25, 0.3) is 6.08 Å². The first kappa shape index (κ1) is 16.6. The number of hydrogen-bond acceptors (Lipinski definition) is 4. The summed E-state index contributed by atoms with van der Waals surface area (Å²) in [6.45, 7) is 0. The Morgan fingerprint density at radius 1 is 0.955 bits per heavy atom. The van der Waals surface area contributed by atoms with Crippen LogP contribution in [0.3, 0.4) is 0 Å². The van der Waals surface area contributed by atoms with Gasteiger partial charge in [-0.25, -0.2) is 0 Å². The van der Waals surface area contributed by atoms with E-state index in [1.54, 1.807) is 30.3 Å². The number of benzene rings is 1. The minimum atomic E-state index is -5.13. The Hall–Kier alpha value is -1.74. The number of hydrogen-bond donors (Lipinski definition) is 2. The van der Waals surface area contributed by atoms with Crippen molar-refractivity contribution in [1.29, 1.82) is 0 Å². The van der Waals surface area contributed by atoms with Crippen LogP contribution in [0.1, 0.15) is 5.56 Å². The molecule has 1 aliphatic carbocycles. The number of allylic oxidation sites excluding steroid dienone is 4. The first-order valence-electron chi connectivity index (χ1n) is 6.22. The van der Waals surface area contributed by atoms with E-state index in [-0.39, 0.29) is 0 Å². The van der Waals surface area contributed by atoms with Gasteiger partial charge in [-0.1, -0.05) is 60.7 Å². The van der Waals surface area contributed by atoms with Crippen LogP contribution >= 0.6 is 0 Å². The maximum absolute atomic E-state index is 11.7. The van der Waals surface area contributed by atoms with E-state index in [1.807, 2.05) is 0 Å². The van der Waals surface area contributed by atoms with Crippen LogP contribution in [0.2, 0.25) is 0 Å². The fourth-order valence-electron chi connectivity index (χ4n) is 2.24. The first-order chi connectivity index (χ1) is 10.2. The van der Waals surface area contributed by atoms with Gasteiger partial charge in [0.25, 0.3) is 20.2 Å². The summed E-state index contributed by atoms with van der Waals surface area (Å²) in [5, 5.41) is 0. The summed E-state index contributed by atoms with van der Waals surface area (Å²) in [5.74, 6) is -1.28. The van der Waals surface area contributed by atoms with Gasteiger partial charge in [-0.2, -0.15) is 16.8 Å². The largest absolute Gasteiger partial charge is 0.292 e. The molecule has 1 aromatic carbocycles. The van der Waals surface area contributed by atoms with Crippen molar-refractivity contribution in [3.8, 4) is 0 Å². The van der Waals surface area contributed by atoms with Gasteiger partial charge in [0.2, 0.25) is 4.08 Å². The molecule has 6 nitrogen and oxygen atoms in total. The lowest BCUT2D eigenvalue weighted by Gasteiger charge is -2.30. The van der Waals surface area contributed by atoms with E-state index in [0.29, 0.717) is 5.56 Å². The molecule has 0 aromatic heterocycles. The Morgan fingerprint density at radius 2 is 1.55 bits per heavy atom. The molecule has 0 amide bonds. The molecule has 2 N–H and O–H groups in total. The molecule has 8 heteroatoms.